The van der Waals surface area contributed by atoms with Crippen LogP contribution >= 0.6 is 27.3 Å². The molecule has 0 atom stereocenters. The Morgan fingerprint density at radius 2 is 2.21 bits per heavy atom. The zero-order chi connectivity index (χ0) is 10.3. The third-order valence-electron chi connectivity index (χ3n) is 1.79. The highest BCUT2D eigenvalue weighted by molar-refractivity contribution is 9.10. The van der Waals surface area contributed by atoms with Crippen molar-refractivity contribution in [3.05, 3.63) is 33.4 Å². The van der Waals surface area contributed by atoms with E-state index >= 15 is 0 Å². The van der Waals surface area contributed by atoms with Gasteiger partial charge in [0, 0.05) is 9.86 Å². The topological polar surface area (TPSA) is 37.3 Å². The molecular weight excluding hydrogens is 271 g/mol. The van der Waals surface area contributed by atoms with Gasteiger partial charge in [0.25, 0.3) is 0 Å². The average molecular weight is 275 g/mol. The molecule has 1 aromatic heterocycles. The number of hydrogen-bond donors (Lipinski definition) is 1. The van der Waals surface area contributed by atoms with Crippen molar-refractivity contribution in [1.29, 1.82) is 0 Å². The third kappa shape index (κ3) is 1.42. The van der Waals surface area contributed by atoms with Crippen LogP contribution in [0.3, 0.4) is 0 Å². The lowest BCUT2D eigenvalue weighted by atomic mass is 10.2. The van der Waals surface area contributed by atoms with Crippen LogP contribution in [0.1, 0.15) is 9.67 Å². The second kappa shape index (κ2) is 3.33. The van der Waals surface area contributed by atoms with Gasteiger partial charge in [0.15, 0.2) is 0 Å². The summed E-state index contributed by atoms with van der Waals surface area (Å²) in [6.07, 6.45) is 0. The van der Waals surface area contributed by atoms with Crippen molar-refractivity contribution in [2.45, 2.75) is 0 Å². The molecule has 2 nitrogen and oxygen atoms in total. The normalized spacial score (nSPS) is 10.7. The number of aromatic carboxylic acids is 1. The first-order chi connectivity index (χ1) is 6.59. The Hall–Kier alpha value is -0.940. The number of halogens is 2. The molecule has 0 bridgehead atoms. The summed E-state index contributed by atoms with van der Waals surface area (Å²) >= 11 is 4.18. The van der Waals surface area contributed by atoms with Crippen LogP contribution in [0.15, 0.2) is 22.7 Å². The summed E-state index contributed by atoms with van der Waals surface area (Å²) in [6, 6.07) is 4.35. The van der Waals surface area contributed by atoms with Gasteiger partial charge in [0.1, 0.15) is 10.7 Å². The van der Waals surface area contributed by atoms with Crippen LogP contribution in [0, 0.1) is 5.82 Å². The molecule has 2 rings (SSSR count). The van der Waals surface area contributed by atoms with Crippen molar-refractivity contribution in [1.82, 2.24) is 0 Å². The van der Waals surface area contributed by atoms with E-state index < -0.39 is 5.97 Å². The minimum absolute atomic E-state index is 0.144. The molecule has 14 heavy (non-hydrogen) atoms. The molecule has 0 saturated carbocycles. The zero-order valence-electron chi connectivity index (χ0n) is 6.75. The van der Waals surface area contributed by atoms with Gasteiger partial charge >= 0.3 is 5.97 Å². The fraction of sp³-hybridized carbons (Fsp3) is 0. The molecule has 0 saturated heterocycles. The van der Waals surface area contributed by atoms with Crippen LogP contribution < -0.4 is 0 Å². The van der Waals surface area contributed by atoms with Gasteiger partial charge in [-0.3, -0.25) is 0 Å². The fourth-order valence-electron chi connectivity index (χ4n) is 1.16. The average Bonchev–Trinajstić information content (AvgIpc) is 2.57. The number of carbonyl (C=O) groups is 1. The van der Waals surface area contributed by atoms with E-state index in [1.165, 1.54) is 12.1 Å². The minimum atomic E-state index is -1.03. The molecule has 72 valence electrons. The number of benzene rings is 1. The highest BCUT2D eigenvalue weighted by Gasteiger charge is 2.13. The highest BCUT2D eigenvalue weighted by Crippen LogP contribution is 2.33. The van der Waals surface area contributed by atoms with Crippen LogP contribution in [0.4, 0.5) is 4.39 Å². The van der Waals surface area contributed by atoms with Crippen molar-refractivity contribution in [2.24, 2.45) is 0 Å². The second-order valence-electron chi connectivity index (χ2n) is 2.69. The number of carboxylic acid groups (broad SMARTS) is 1. The zero-order valence-corrected chi connectivity index (χ0v) is 9.15. The molecule has 1 aromatic carbocycles. The number of rotatable bonds is 1. The fourth-order valence-corrected chi connectivity index (χ4v) is 2.67. The molecule has 0 unspecified atom stereocenters. The van der Waals surface area contributed by atoms with Gasteiger partial charge in [-0.15, -0.1) is 11.3 Å². The Balaban J connectivity index is 2.82. The first-order valence-electron chi connectivity index (χ1n) is 3.70. The molecule has 0 spiro atoms. The summed E-state index contributed by atoms with van der Waals surface area (Å²) in [5.74, 6) is -1.42. The van der Waals surface area contributed by atoms with Gasteiger partial charge in [-0.05, 0) is 18.2 Å². The van der Waals surface area contributed by atoms with E-state index in [2.05, 4.69) is 15.9 Å². The predicted octanol–water partition coefficient (Wildman–Crippen LogP) is 3.50. The van der Waals surface area contributed by atoms with E-state index in [1.807, 2.05) is 0 Å². The van der Waals surface area contributed by atoms with Crippen molar-refractivity contribution in [3.63, 3.8) is 0 Å². The van der Waals surface area contributed by atoms with Gasteiger partial charge < -0.3 is 5.11 Å². The minimum Gasteiger partial charge on any atom is -0.477 e. The lowest BCUT2D eigenvalue weighted by Crippen LogP contribution is -1.89. The largest absolute Gasteiger partial charge is 0.477 e. The standard InChI is InChI=1S/C9H4BrFO2S/c10-5-1-2-6(11)8-4(5)3-7(14-8)9(12)13/h1-3H,(H,12,13). The van der Waals surface area contributed by atoms with Gasteiger partial charge in [0.05, 0.1) is 4.70 Å². The molecule has 0 amide bonds. The van der Waals surface area contributed by atoms with Crippen LogP contribution in [-0.4, -0.2) is 11.1 Å². The molecule has 1 N–H and O–H groups in total. The summed E-state index contributed by atoms with van der Waals surface area (Å²) in [5, 5.41) is 9.34. The molecule has 2 aromatic rings. The maximum atomic E-state index is 13.2. The summed E-state index contributed by atoms with van der Waals surface area (Å²) in [7, 11) is 0. The Morgan fingerprint density at radius 3 is 2.79 bits per heavy atom. The van der Waals surface area contributed by atoms with Crippen molar-refractivity contribution in [3.8, 4) is 0 Å². The smallest absolute Gasteiger partial charge is 0.345 e. The molecule has 0 aliphatic rings. The number of fused-ring (bicyclic) bond motifs is 1. The SMILES string of the molecule is O=C(O)c1cc2c(Br)ccc(F)c2s1. The van der Waals surface area contributed by atoms with E-state index in [4.69, 9.17) is 5.11 Å². The molecular formula is C9H4BrFO2S. The summed E-state index contributed by atoms with van der Waals surface area (Å²) in [5.41, 5.74) is 0. The van der Waals surface area contributed by atoms with Crippen LogP contribution in [0.5, 0.6) is 0 Å². The first-order valence-corrected chi connectivity index (χ1v) is 5.31. The van der Waals surface area contributed by atoms with Crippen LogP contribution in [-0.2, 0) is 0 Å². The van der Waals surface area contributed by atoms with Crippen molar-refractivity contribution >= 4 is 43.3 Å². The molecule has 0 radical (unpaired) electrons. The number of hydrogen-bond acceptors (Lipinski definition) is 2. The summed E-state index contributed by atoms with van der Waals surface area (Å²) < 4.78 is 14.3. The van der Waals surface area contributed by atoms with Crippen LogP contribution in [0.25, 0.3) is 10.1 Å². The molecule has 0 fully saturated rings. The Kier molecular flexibility index (Phi) is 2.28. The van der Waals surface area contributed by atoms with E-state index in [0.717, 1.165) is 11.3 Å². The monoisotopic (exact) mass is 274 g/mol. The predicted molar refractivity (Wildman–Crippen MR) is 56.4 cm³/mol. The van der Waals surface area contributed by atoms with Gasteiger partial charge in [-0.2, -0.15) is 0 Å². The first kappa shape index (κ1) is 9.61. The number of carboxylic acids is 1. The molecule has 5 heteroatoms. The Labute approximate surface area is 91.1 Å². The number of thiophene rings is 1. The van der Waals surface area contributed by atoms with Gasteiger partial charge in [-0.25, -0.2) is 9.18 Å². The molecule has 0 aliphatic carbocycles. The quantitative estimate of drug-likeness (QED) is 0.864. The summed E-state index contributed by atoms with van der Waals surface area (Å²) in [4.78, 5) is 10.8. The maximum Gasteiger partial charge on any atom is 0.345 e. The molecule has 1 heterocycles. The van der Waals surface area contributed by atoms with E-state index in [0.29, 0.717) is 14.6 Å². The maximum absolute atomic E-state index is 13.2. The van der Waals surface area contributed by atoms with Crippen molar-refractivity contribution < 1.29 is 14.3 Å². The Morgan fingerprint density at radius 1 is 1.50 bits per heavy atom. The van der Waals surface area contributed by atoms with E-state index in [-0.39, 0.29) is 10.7 Å². The van der Waals surface area contributed by atoms with Crippen molar-refractivity contribution in [2.75, 3.05) is 0 Å². The lowest BCUT2D eigenvalue weighted by molar-refractivity contribution is 0.0702. The van der Waals surface area contributed by atoms with E-state index in [9.17, 15) is 9.18 Å². The van der Waals surface area contributed by atoms with Gasteiger partial charge in [-0.1, -0.05) is 15.9 Å². The lowest BCUT2D eigenvalue weighted by Gasteiger charge is -1.93. The second-order valence-corrected chi connectivity index (χ2v) is 4.59. The Bertz CT molecular complexity index is 482. The van der Waals surface area contributed by atoms with E-state index in [1.54, 1.807) is 6.07 Å². The molecule has 0 aliphatic heterocycles. The van der Waals surface area contributed by atoms with Crippen LogP contribution in [0.2, 0.25) is 0 Å². The van der Waals surface area contributed by atoms with Gasteiger partial charge in [0.2, 0.25) is 0 Å². The summed E-state index contributed by atoms with van der Waals surface area (Å²) in [6.45, 7) is 0. The third-order valence-corrected chi connectivity index (χ3v) is 3.62. The highest BCUT2D eigenvalue weighted by atomic mass is 79.9.